The van der Waals surface area contributed by atoms with Crippen molar-refractivity contribution in [3.63, 3.8) is 0 Å². The van der Waals surface area contributed by atoms with Crippen LogP contribution in [-0.4, -0.2) is 0 Å². The number of anilines is 3. The minimum absolute atomic E-state index is 0.481. The van der Waals surface area contributed by atoms with Crippen molar-refractivity contribution in [1.29, 1.82) is 0 Å². The fraction of sp³-hybridized carbons (Fsp3) is 0.186. The molecule has 0 amide bonds. The molecule has 3 aliphatic carbocycles. The summed E-state index contributed by atoms with van der Waals surface area (Å²) in [7, 11) is 0. The van der Waals surface area contributed by atoms with E-state index in [1.54, 1.807) is 0 Å². The molecule has 0 radical (unpaired) electrons. The van der Waals surface area contributed by atoms with Crippen LogP contribution in [0, 0.1) is 23.7 Å². The number of ether oxygens (including phenoxy) is 1. The molecule has 5 atom stereocenters. The lowest BCUT2D eigenvalue weighted by atomic mass is 9.68. The minimum Gasteiger partial charge on any atom is -0.457 e. The summed E-state index contributed by atoms with van der Waals surface area (Å²) in [6.45, 7) is 4.96. The number of furan rings is 1. The molecule has 62 heavy (non-hydrogen) atoms. The van der Waals surface area contributed by atoms with Gasteiger partial charge in [0.2, 0.25) is 0 Å². The Morgan fingerprint density at radius 2 is 1.11 bits per heavy atom. The SMILES string of the molecule is C[C@@H]1CC2CC(c3ccc(N(c4ccc(-c5ccccc5-c5cccc6oc7ccccc7c56)cc4)c4cccc(-c5ccccc5)c4)cc3Oc3ccccc3)[C@H](C1)C[C@H]2C. The molecule has 0 aliphatic heterocycles. The molecule has 3 fully saturated rings. The van der Waals surface area contributed by atoms with Crippen LogP contribution in [0.5, 0.6) is 11.5 Å². The summed E-state index contributed by atoms with van der Waals surface area (Å²) < 4.78 is 13.3. The van der Waals surface area contributed by atoms with Gasteiger partial charge in [0.05, 0.1) is 0 Å². The first-order chi connectivity index (χ1) is 30.5. The zero-order valence-corrected chi connectivity index (χ0v) is 35.5. The maximum absolute atomic E-state index is 6.97. The van der Waals surface area contributed by atoms with Gasteiger partial charge in [0, 0.05) is 33.9 Å². The summed E-state index contributed by atoms with van der Waals surface area (Å²) in [5.74, 6) is 5.27. The third-order valence-electron chi connectivity index (χ3n) is 13.9. The number of fused-ring (bicyclic) bond motifs is 7. The van der Waals surface area contributed by atoms with E-state index in [2.05, 4.69) is 207 Å². The summed E-state index contributed by atoms with van der Waals surface area (Å²) in [5.41, 5.74) is 13.4. The van der Waals surface area contributed by atoms with Gasteiger partial charge in [-0.2, -0.15) is 0 Å². The molecule has 3 heteroatoms. The van der Waals surface area contributed by atoms with Gasteiger partial charge >= 0.3 is 0 Å². The van der Waals surface area contributed by atoms with E-state index in [1.165, 1.54) is 59.1 Å². The molecular formula is C59H51NO2. The number of benzene rings is 8. The van der Waals surface area contributed by atoms with Gasteiger partial charge < -0.3 is 14.1 Å². The molecule has 2 bridgehead atoms. The van der Waals surface area contributed by atoms with E-state index in [4.69, 9.17) is 9.15 Å². The molecule has 304 valence electrons. The second-order valence-electron chi connectivity index (χ2n) is 17.9. The molecule has 3 nitrogen and oxygen atoms in total. The van der Waals surface area contributed by atoms with Gasteiger partial charge in [-0.15, -0.1) is 0 Å². The van der Waals surface area contributed by atoms with Crippen LogP contribution in [0.4, 0.5) is 17.1 Å². The van der Waals surface area contributed by atoms with Crippen molar-refractivity contribution in [2.45, 2.75) is 45.4 Å². The summed E-state index contributed by atoms with van der Waals surface area (Å²) in [6, 6.07) is 69.5. The average Bonchev–Trinajstić information content (AvgIpc) is 3.54. The van der Waals surface area contributed by atoms with Gasteiger partial charge in [-0.1, -0.05) is 147 Å². The Morgan fingerprint density at radius 3 is 1.95 bits per heavy atom. The first-order valence-electron chi connectivity index (χ1n) is 22.5. The van der Waals surface area contributed by atoms with E-state index in [0.717, 1.165) is 73.8 Å². The van der Waals surface area contributed by atoms with E-state index < -0.39 is 0 Å². The Kier molecular flexibility index (Phi) is 9.97. The monoisotopic (exact) mass is 805 g/mol. The topological polar surface area (TPSA) is 25.6 Å². The number of hydrogen-bond donors (Lipinski definition) is 0. The molecule has 3 saturated carbocycles. The van der Waals surface area contributed by atoms with Crippen LogP contribution in [0.15, 0.2) is 199 Å². The van der Waals surface area contributed by atoms with E-state index in [9.17, 15) is 0 Å². The van der Waals surface area contributed by atoms with E-state index in [0.29, 0.717) is 11.8 Å². The van der Waals surface area contributed by atoms with Crippen LogP contribution < -0.4 is 9.64 Å². The van der Waals surface area contributed by atoms with Crippen molar-refractivity contribution < 1.29 is 9.15 Å². The lowest BCUT2D eigenvalue weighted by Gasteiger charge is -2.38. The molecule has 2 unspecified atom stereocenters. The molecule has 0 spiro atoms. The Bertz CT molecular complexity index is 3000. The Hall–Kier alpha value is -6.84. The van der Waals surface area contributed by atoms with Crippen molar-refractivity contribution >= 4 is 39.0 Å². The predicted octanol–water partition coefficient (Wildman–Crippen LogP) is 17.0. The standard InChI is InChI=1S/C59H51NO2/c1-39-33-44-37-55(45(34-39)35-40(44)2)52-32-31-48(38-58(52)61-49-19-7-4-8-20-49)60(47-18-13-17-43(36-47)41-15-5-3-6-16-41)46-29-27-42(28-30-46)50-21-9-10-22-51(50)53-24-14-26-57-59(53)54-23-11-12-25-56(54)62-57/h3-32,36,38-40,44-45,55H,33-35,37H2,1-2H3/t39-,40-,44?,45-,55?/m1/s1. The summed E-state index contributed by atoms with van der Waals surface area (Å²) in [4.78, 5) is 2.39. The van der Waals surface area contributed by atoms with Crippen molar-refractivity contribution in [2.24, 2.45) is 23.7 Å². The maximum Gasteiger partial charge on any atom is 0.136 e. The lowest BCUT2D eigenvalue weighted by molar-refractivity contribution is 0.188. The number of para-hydroxylation sites is 2. The van der Waals surface area contributed by atoms with Gasteiger partial charge in [0.1, 0.15) is 22.7 Å². The summed E-state index contributed by atoms with van der Waals surface area (Å²) in [5, 5.41) is 2.28. The molecule has 1 heterocycles. The second-order valence-corrected chi connectivity index (χ2v) is 17.9. The number of hydrogen-bond acceptors (Lipinski definition) is 3. The molecule has 0 saturated heterocycles. The fourth-order valence-electron chi connectivity index (χ4n) is 11.0. The Labute approximate surface area is 365 Å². The van der Waals surface area contributed by atoms with Gasteiger partial charge in [-0.05, 0) is 149 Å². The smallest absolute Gasteiger partial charge is 0.136 e. The number of nitrogens with zero attached hydrogens (tertiary/aromatic N) is 1. The van der Waals surface area contributed by atoms with Crippen LogP contribution in [0.2, 0.25) is 0 Å². The highest BCUT2D eigenvalue weighted by atomic mass is 16.5. The molecule has 12 rings (SSSR count). The lowest BCUT2D eigenvalue weighted by Crippen LogP contribution is -2.26. The van der Waals surface area contributed by atoms with E-state index >= 15 is 0 Å². The highest BCUT2D eigenvalue weighted by Gasteiger charge is 2.41. The zero-order valence-electron chi connectivity index (χ0n) is 35.5. The quantitative estimate of drug-likeness (QED) is 0.145. The van der Waals surface area contributed by atoms with E-state index in [1.807, 2.05) is 6.07 Å². The molecular weight excluding hydrogens is 755 g/mol. The van der Waals surface area contributed by atoms with E-state index in [-0.39, 0.29) is 0 Å². The van der Waals surface area contributed by atoms with Crippen LogP contribution >= 0.6 is 0 Å². The fourth-order valence-corrected chi connectivity index (χ4v) is 11.0. The van der Waals surface area contributed by atoms with Crippen molar-refractivity contribution in [2.75, 3.05) is 4.90 Å². The Morgan fingerprint density at radius 1 is 0.468 bits per heavy atom. The average molecular weight is 806 g/mol. The predicted molar refractivity (Wildman–Crippen MR) is 258 cm³/mol. The molecule has 9 aromatic rings. The Balaban J connectivity index is 1.03. The van der Waals surface area contributed by atoms with Gasteiger partial charge in [0.25, 0.3) is 0 Å². The third-order valence-corrected chi connectivity index (χ3v) is 13.9. The normalized spacial score (nSPS) is 19.7. The highest BCUT2D eigenvalue weighted by molar-refractivity contribution is 6.13. The van der Waals surface area contributed by atoms with Gasteiger partial charge in [-0.25, -0.2) is 0 Å². The second kappa shape index (κ2) is 16.2. The maximum atomic E-state index is 6.97. The first kappa shape index (κ1) is 38.1. The van der Waals surface area contributed by atoms with Crippen LogP contribution in [0.1, 0.15) is 51.0 Å². The zero-order chi connectivity index (χ0) is 41.6. The van der Waals surface area contributed by atoms with Gasteiger partial charge in [-0.3, -0.25) is 0 Å². The molecule has 1 aromatic heterocycles. The third kappa shape index (κ3) is 7.16. The van der Waals surface area contributed by atoms with Crippen molar-refractivity contribution in [1.82, 2.24) is 0 Å². The minimum atomic E-state index is 0.481. The van der Waals surface area contributed by atoms with Crippen molar-refractivity contribution in [3.05, 3.63) is 200 Å². The first-order valence-corrected chi connectivity index (χ1v) is 22.5. The molecule has 8 aromatic carbocycles. The van der Waals surface area contributed by atoms with Crippen LogP contribution in [0.25, 0.3) is 55.3 Å². The summed E-state index contributed by atoms with van der Waals surface area (Å²) in [6.07, 6.45) is 5.16. The largest absolute Gasteiger partial charge is 0.457 e. The molecule has 3 aliphatic rings. The number of rotatable bonds is 9. The van der Waals surface area contributed by atoms with Gasteiger partial charge in [0.15, 0.2) is 0 Å². The molecule has 0 N–H and O–H groups in total. The highest BCUT2D eigenvalue weighted by Crippen LogP contribution is 2.54. The van der Waals surface area contributed by atoms with Crippen LogP contribution in [-0.2, 0) is 0 Å². The van der Waals surface area contributed by atoms with Crippen LogP contribution in [0.3, 0.4) is 0 Å². The summed E-state index contributed by atoms with van der Waals surface area (Å²) >= 11 is 0. The van der Waals surface area contributed by atoms with Crippen molar-refractivity contribution in [3.8, 4) is 44.9 Å².